The molecule has 0 fully saturated rings. The molecule has 0 N–H and O–H groups in total. The summed E-state index contributed by atoms with van der Waals surface area (Å²) in [6.45, 7) is 6.96. The predicted octanol–water partition coefficient (Wildman–Crippen LogP) is 4.78. The van der Waals surface area contributed by atoms with E-state index in [9.17, 15) is 0 Å². The molecule has 3 nitrogen and oxygen atoms in total. The van der Waals surface area contributed by atoms with Crippen LogP contribution in [0, 0.1) is 0 Å². The molecule has 2 heterocycles. The third-order valence-corrected chi connectivity index (χ3v) is 4.17. The summed E-state index contributed by atoms with van der Waals surface area (Å²) in [5.41, 5.74) is -0.132. The van der Waals surface area contributed by atoms with Crippen molar-refractivity contribution in [1.82, 2.24) is 9.97 Å². The van der Waals surface area contributed by atoms with E-state index in [1.165, 1.54) is 4.88 Å². The molecule has 2 aromatic heterocycles. The van der Waals surface area contributed by atoms with E-state index in [1.807, 2.05) is 24.1 Å². The van der Waals surface area contributed by atoms with Crippen LogP contribution in [-0.4, -0.2) is 17.0 Å². The highest BCUT2D eigenvalue weighted by molar-refractivity contribution is 7.16. The Balaban J connectivity index is 2.25. The number of nitrogens with zero attached hydrogens (tertiary/aromatic N) is 3. The molecule has 0 aliphatic rings. The van der Waals surface area contributed by atoms with Gasteiger partial charge in [0.25, 0.3) is 0 Å². The summed E-state index contributed by atoms with van der Waals surface area (Å²) in [5, 5.41) is 0.469. The summed E-state index contributed by atoms with van der Waals surface area (Å²) in [4.78, 5) is 12.1. The third-order valence-electron chi connectivity index (χ3n) is 2.77. The van der Waals surface area contributed by atoms with E-state index in [4.69, 9.17) is 23.2 Å². The second-order valence-corrected chi connectivity index (χ2v) is 7.87. The Morgan fingerprint density at radius 2 is 1.90 bits per heavy atom. The minimum atomic E-state index is -0.132. The number of rotatable bonds is 3. The van der Waals surface area contributed by atoms with E-state index >= 15 is 0 Å². The first kappa shape index (κ1) is 15.5. The number of halogens is 2. The van der Waals surface area contributed by atoms with Crippen molar-refractivity contribution in [3.8, 4) is 0 Å². The molecule has 6 heteroatoms. The fourth-order valence-electron chi connectivity index (χ4n) is 1.69. The zero-order chi connectivity index (χ0) is 14.9. The summed E-state index contributed by atoms with van der Waals surface area (Å²) in [6, 6.07) is 5.71. The fourth-order valence-corrected chi connectivity index (χ4v) is 3.01. The minimum absolute atomic E-state index is 0.132. The maximum atomic E-state index is 6.11. The molecule has 0 aliphatic heterocycles. The van der Waals surface area contributed by atoms with E-state index < -0.39 is 0 Å². The topological polar surface area (TPSA) is 29.0 Å². The van der Waals surface area contributed by atoms with Crippen LogP contribution in [0.2, 0.25) is 9.49 Å². The highest BCUT2D eigenvalue weighted by atomic mass is 35.5. The summed E-state index contributed by atoms with van der Waals surface area (Å²) in [7, 11) is 1.98. The number of hydrogen-bond donors (Lipinski definition) is 0. The fraction of sp³-hybridized carbons (Fsp3) is 0.429. The summed E-state index contributed by atoms with van der Waals surface area (Å²) in [6.07, 6.45) is 0. The van der Waals surface area contributed by atoms with Gasteiger partial charge >= 0.3 is 0 Å². The molecule has 0 aliphatic carbocycles. The first-order valence-electron chi connectivity index (χ1n) is 6.26. The van der Waals surface area contributed by atoms with Gasteiger partial charge in [-0.2, -0.15) is 0 Å². The lowest BCUT2D eigenvalue weighted by Gasteiger charge is -2.22. The maximum absolute atomic E-state index is 6.11. The van der Waals surface area contributed by atoms with Gasteiger partial charge in [-0.1, -0.05) is 44.0 Å². The van der Waals surface area contributed by atoms with Crippen molar-refractivity contribution in [2.24, 2.45) is 0 Å². The molecule has 0 bridgehead atoms. The zero-order valence-electron chi connectivity index (χ0n) is 11.9. The molecular formula is C14H17Cl2N3S. The Bertz CT molecular complexity index is 605. The lowest BCUT2D eigenvalue weighted by molar-refractivity contribution is 0.544. The minimum Gasteiger partial charge on any atom is -0.354 e. The van der Waals surface area contributed by atoms with Crippen LogP contribution >= 0.6 is 34.5 Å². The monoisotopic (exact) mass is 329 g/mol. The third kappa shape index (κ3) is 3.84. The Labute approximate surface area is 133 Å². The van der Waals surface area contributed by atoms with Crippen LogP contribution in [0.25, 0.3) is 0 Å². The largest absolute Gasteiger partial charge is 0.354 e. The van der Waals surface area contributed by atoms with Crippen molar-refractivity contribution in [3.63, 3.8) is 0 Å². The van der Waals surface area contributed by atoms with Gasteiger partial charge in [0.05, 0.1) is 10.9 Å². The lowest BCUT2D eigenvalue weighted by atomic mass is 9.96. The van der Waals surface area contributed by atoms with Gasteiger partial charge in [0, 0.05) is 23.4 Å². The van der Waals surface area contributed by atoms with Gasteiger partial charge in [0.15, 0.2) is 0 Å². The van der Waals surface area contributed by atoms with Gasteiger partial charge in [0.2, 0.25) is 0 Å². The van der Waals surface area contributed by atoms with Gasteiger partial charge in [-0.05, 0) is 12.1 Å². The maximum Gasteiger partial charge on any atom is 0.137 e. The standard InChI is InChI=1S/C14H17Cl2N3S/c1-14(2,3)13-17-10(15)7-12(18-13)19(4)8-9-5-6-11(16)20-9/h5-7H,8H2,1-4H3. The van der Waals surface area contributed by atoms with Crippen molar-refractivity contribution >= 4 is 40.4 Å². The molecule has 0 unspecified atom stereocenters. The molecule has 0 atom stereocenters. The Kier molecular flexibility index (Phi) is 4.57. The molecule has 20 heavy (non-hydrogen) atoms. The van der Waals surface area contributed by atoms with Crippen molar-refractivity contribution < 1.29 is 0 Å². The van der Waals surface area contributed by atoms with Gasteiger partial charge in [-0.15, -0.1) is 11.3 Å². The van der Waals surface area contributed by atoms with E-state index in [1.54, 1.807) is 17.4 Å². The van der Waals surface area contributed by atoms with Crippen LogP contribution in [0.4, 0.5) is 5.82 Å². The molecular weight excluding hydrogens is 313 g/mol. The molecule has 0 saturated heterocycles. The second kappa shape index (κ2) is 5.88. The van der Waals surface area contributed by atoms with Crippen LogP contribution < -0.4 is 4.90 Å². The number of thiophene rings is 1. The molecule has 2 aromatic rings. The van der Waals surface area contributed by atoms with Crippen LogP contribution in [0.15, 0.2) is 18.2 Å². The molecule has 0 aromatic carbocycles. The molecule has 0 saturated carbocycles. The zero-order valence-corrected chi connectivity index (χ0v) is 14.3. The molecule has 0 spiro atoms. The van der Waals surface area contributed by atoms with Crippen molar-refractivity contribution in [2.45, 2.75) is 32.7 Å². The van der Waals surface area contributed by atoms with Crippen molar-refractivity contribution in [1.29, 1.82) is 0 Å². The summed E-state index contributed by atoms with van der Waals surface area (Å²) < 4.78 is 0.796. The normalized spacial score (nSPS) is 11.7. The van der Waals surface area contributed by atoms with E-state index in [0.717, 1.165) is 22.5 Å². The van der Waals surface area contributed by atoms with Crippen LogP contribution in [-0.2, 0) is 12.0 Å². The average molecular weight is 330 g/mol. The highest BCUT2D eigenvalue weighted by Gasteiger charge is 2.20. The van der Waals surface area contributed by atoms with Crippen LogP contribution in [0.5, 0.6) is 0 Å². The Morgan fingerprint density at radius 1 is 1.20 bits per heavy atom. The molecule has 108 valence electrons. The Hall–Kier alpha value is -0.840. The van der Waals surface area contributed by atoms with Gasteiger partial charge in [0.1, 0.15) is 16.8 Å². The Morgan fingerprint density at radius 3 is 2.45 bits per heavy atom. The second-order valence-electron chi connectivity index (χ2n) is 5.68. The molecule has 2 rings (SSSR count). The predicted molar refractivity (Wildman–Crippen MR) is 87.2 cm³/mol. The molecule has 0 amide bonds. The van der Waals surface area contributed by atoms with E-state index in [0.29, 0.717) is 5.15 Å². The van der Waals surface area contributed by atoms with Crippen molar-refractivity contribution in [3.05, 3.63) is 38.4 Å². The van der Waals surface area contributed by atoms with E-state index in [-0.39, 0.29) is 5.41 Å². The van der Waals surface area contributed by atoms with Crippen LogP contribution in [0.3, 0.4) is 0 Å². The van der Waals surface area contributed by atoms with Crippen LogP contribution in [0.1, 0.15) is 31.5 Å². The lowest BCUT2D eigenvalue weighted by Crippen LogP contribution is -2.21. The van der Waals surface area contributed by atoms with Gasteiger partial charge in [-0.3, -0.25) is 0 Å². The molecule has 0 radical (unpaired) electrons. The first-order chi connectivity index (χ1) is 9.25. The number of aromatic nitrogens is 2. The van der Waals surface area contributed by atoms with E-state index in [2.05, 4.69) is 30.7 Å². The summed E-state index contributed by atoms with van der Waals surface area (Å²) >= 11 is 13.6. The number of anilines is 1. The number of hydrogen-bond acceptors (Lipinski definition) is 4. The quantitative estimate of drug-likeness (QED) is 0.759. The smallest absolute Gasteiger partial charge is 0.137 e. The van der Waals surface area contributed by atoms with Crippen molar-refractivity contribution in [2.75, 3.05) is 11.9 Å². The summed E-state index contributed by atoms with van der Waals surface area (Å²) in [5.74, 6) is 1.57. The first-order valence-corrected chi connectivity index (χ1v) is 7.83. The average Bonchev–Trinajstić information content (AvgIpc) is 2.72. The SMILES string of the molecule is CN(Cc1ccc(Cl)s1)c1cc(Cl)nc(C(C)(C)C)n1. The van der Waals surface area contributed by atoms with Gasteiger partial charge < -0.3 is 4.90 Å². The van der Waals surface area contributed by atoms with Gasteiger partial charge in [-0.25, -0.2) is 9.97 Å². The highest BCUT2D eigenvalue weighted by Crippen LogP contribution is 2.26.